The SMILES string of the molecule is O=C(O)NC12CCC(CCn3c(=O)ccc4cccnc43)(CC1)OC2. The van der Waals surface area contributed by atoms with Crippen LogP contribution in [0.25, 0.3) is 11.0 Å². The summed E-state index contributed by atoms with van der Waals surface area (Å²) in [7, 11) is 0. The fourth-order valence-electron chi connectivity index (χ4n) is 4.13. The lowest BCUT2D eigenvalue weighted by molar-refractivity contribution is -0.164. The third-order valence-electron chi connectivity index (χ3n) is 5.68. The molecule has 2 aliphatic heterocycles. The standard InChI is InChI=1S/C18H21N3O4/c22-14-4-3-13-2-1-10-19-15(13)21(14)11-9-18-7-5-17(6-8-18,12-25-18)20-16(23)24/h1-4,10,20H,5-9,11-12H2,(H,23,24). The van der Waals surface area contributed by atoms with E-state index in [4.69, 9.17) is 9.84 Å². The predicted molar refractivity (Wildman–Crippen MR) is 91.7 cm³/mol. The zero-order valence-corrected chi connectivity index (χ0v) is 13.9. The minimum absolute atomic E-state index is 0.0592. The molecule has 0 atom stereocenters. The Morgan fingerprint density at radius 2 is 2.08 bits per heavy atom. The van der Waals surface area contributed by atoms with Crippen LogP contribution >= 0.6 is 0 Å². The number of aromatic nitrogens is 2. The summed E-state index contributed by atoms with van der Waals surface area (Å²) in [6.45, 7) is 0.953. The highest BCUT2D eigenvalue weighted by Crippen LogP contribution is 2.45. The number of nitrogens with one attached hydrogen (secondary N) is 1. The Hall–Kier alpha value is -2.41. The van der Waals surface area contributed by atoms with Gasteiger partial charge in [0, 0.05) is 24.2 Å². The van der Waals surface area contributed by atoms with Gasteiger partial charge in [0.1, 0.15) is 5.65 Å². The van der Waals surface area contributed by atoms with Crippen molar-refractivity contribution in [3.63, 3.8) is 0 Å². The van der Waals surface area contributed by atoms with Gasteiger partial charge >= 0.3 is 6.09 Å². The fourth-order valence-corrected chi connectivity index (χ4v) is 4.13. The number of pyridine rings is 2. The van der Waals surface area contributed by atoms with Crippen LogP contribution < -0.4 is 10.9 Å². The minimum atomic E-state index is -0.994. The van der Waals surface area contributed by atoms with E-state index < -0.39 is 11.6 Å². The molecule has 1 aliphatic carbocycles. The van der Waals surface area contributed by atoms with Crippen LogP contribution in [0.4, 0.5) is 4.79 Å². The maximum atomic E-state index is 12.3. The molecule has 7 nitrogen and oxygen atoms in total. The number of fused-ring (bicyclic) bond motifs is 4. The molecule has 1 amide bonds. The van der Waals surface area contributed by atoms with Crippen molar-refractivity contribution < 1.29 is 14.6 Å². The molecule has 0 spiro atoms. The number of rotatable bonds is 4. The molecular formula is C18H21N3O4. The molecule has 2 saturated heterocycles. The Morgan fingerprint density at radius 1 is 1.28 bits per heavy atom. The van der Waals surface area contributed by atoms with Crippen LogP contribution in [-0.2, 0) is 11.3 Å². The van der Waals surface area contributed by atoms with E-state index in [0.29, 0.717) is 18.8 Å². The summed E-state index contributed by atoms with van der Waals surface area (Å²) >= 11 is 0. The molecule has 25 heavy (non-hydrogen) atoms. The molecule has 5 rings (SSSR count). The Balaban J connectivity index is 1.51. The van der Waals surface area contributed by atoms with Crippen LogP contribution in [0.2, 0.25) is 0 Å². The second-order valence-corrected chi connectivity index (χ2v) is 7.17. The van der Waals surface area contributed by atoms with Crippen LogP contribution in [-0.4, -0.2) is 38.5 Å². The number of hydrogen-bond acceptors (Lipinski definition) is 4. The molecule has 0 radical (unpaired) electrons. The van der Waals surface area contributed by atoms with Crippen molar-refractivity contribution in [2.75, 3.05) is 6.61 Å². The van der Waals surface area contributed by atoms with E-state index >= 15 is 0 Å². The smallest absolute Gasteiger partial charge is 0.405 e. The summed E-state index contributed by atoms with van der Waals surface area (Å²) in [5.74, 6) is 0. The zero-order valence-electron chi connectivity index (χ0n) is 13.9. The van der Waals surface area contributed by atoms with Gasteiger partial charge < -0.3 is 15.2 Å². The highest BCUT2D eigenvalue weighted by atomic mass is 16.5. The van der Waals surface area contributed by atoms with E-state index in [1.54, 1.807) is 22.9 Å². The molecule has 4 heterocycles. The molecule has 0 unspecified atom stereocenters. The first kappa shape index (κ1) is 16.1. The number of amides is 1. The lowest BCUT2D eigenvalue weighted by Crippen LogP contribution is -2.62. The Kier molecular flexibility index (Phi) is 3.76. The normalized spacial score (nSPS) is 28.2. The molecule has 0 aromatic carbocycles. The second kappa shape index (κ2) is 5.84. The molecule has 2 N–H and O–H groups in total. The number of carboxylic acid groups (broad SMARTS) is 1. The summed E-state index contributed by atoms with van der Waals surface area (Å²) < 4.78 is 7.79. The first-order valence-electron chi connectivity index (χ1n) is 8.61. The zero-order chi connectivity index (χ0) is 17.5. The van der Waals surface area contributed by atoms with Crippen molar-refractivity contribution in [1.82, 2.24) is 14.9 Å². The summed E-state index contributed by atoms with van der Waals surface area (Å²) in [6.07, 6.45) is 4.60. The van der Waals surface area contributed by atoms with Gasteiger partial charge in [0.05, 0.1) is 17.7 Å². The number of nitrogens with zero attached hydrogens (tertiary/aromatic N) is 2. The van der Waals surface area contributed by atoms with Gasteiger partial charge in [-0.1, -0.05) is 0 Å². The molecule has 2 bridgehead atoms. The fraction of sp³-hybridized carbons (Fsp3) is 0.500. The van der Waals surface area contributed by atoms with E-state index in [1.807, 2.05) is 12.1 Å². The molecule has 3 fully saturated rings. The van der Waals surface area contributed by atoms with Gasteiger partial charge in [0.25, 0.3) is 5.56 Å². The Morgan fingerprint density at radius 3 is 2.76 bits per heavy atom. The van der Waals surface area contributed by atoms with Gasteiger partial charge in [-0.15, -0.1) is 0 Å². The Labute approximate surface area is 144 Å². The van der Waals surface area contributed by atoms with Crippen LogP contribution in [0.15, 0.2) is 35.3 Å². The van der Waals surface area contributed by atoms with Crippen molar-refractivity contribution in [3.8, 4) is 0 Å². The maximum Gasteiger partial charge on any atom is 0.405 e. The van der Waals surface area contributed by atoms with E-state index in [-0.39, 0.29) is 11.2 Å². The maximum absolute atomic E-state index is 12.3. The molecule has 1 saturated carbocycles. The van der Waals surface area contributed by atoms with Crippen molar-refractivity contribution in [1.29, 1.82) is 0 Å². The highest BCUT2D eigenvalue weighted by molar-refractivity contribution is 5.74. The molecule has 7 heteroatoms. The van der Waals surface area contributed by atoms with Gasteiger partial charge in [0.2, 0.25) is 0 Å². The van der Waals surface area contributed by atoms with Gasteiger partial charge in [0.15, 0.2) is 0 Å². The predicted octanol–water partition coefficient (Wildman–Crippen LogP) is 2.14. The summed E-state index contributed by atoms with van der Waals surface area (Å²) in [5, 5.41) is 12.6. The molecule has 3 aliphatic rings. The monoisotopic (exact) mass is 343 g/mol. The molecule has 132 valence electrons. The molecular weight excluding hydrogens is 322 g/mol. The van der Waals surface area contributed by atoms with Gasteiger partial charge in [-0.05, 0) is 50.3 Å². The average molecular weight is 343 g/mol. The lowest BCUT2D eigenvalue weighted by Gasteiger charge is -2.53. The van der Waals surface area contributed by atoms with Crippen LogP contribution in [0.5, 0.6) is 0 Å². The first-order valence-corrected chi connectivity index (χ1v) is 8.61. The lowest BCUT2D eigenvalue weighted by atomic mass is 9.70. The first-order chi connectivity index (χ1) is 12.0. The number of ether oxygens (including phenoxy) is 1. The largest absolute Gasteiger partial charge is 0.465 e. The quantitative estimate of drug-likeness (QED) is 0.887. The summed E-state index contributed by atoms with van der Waals surface area (Å²) in [4.78, 5) is 27.6. The highest BCUT2D eigenvalue weighted by Gasteiger charge is 2.50. The number of aryl methyl sites for hydroxylation is 1. The summed E-state index contributed by atoms with van der Waals surface area (Å²) in [6, 6.07) is 7.17. The number of carbonyl (C=O) groups is 1. The van der Waals surface area contributed by atoms with Crippen LogP contribution in [0.1, 0.15) is 32.1 Å². The topological polar surface area (TPSA) is 93.5 Å². The number of hydrogen-bond donors (Lipinski definition) is 2. The van der Waals surface area contributed by atoms with E-state index in [9.17, 15) is 9.59 Å². The van der Waals surface area contributed by atoms with Crippen molar-refractivity contribution in [2.45, 2.75) is 49.8 Å². The molecule has 2 aromatic heterocycles. The molecule has 2 aromatic rings. The second-order valence-electron chi connectivity index (χ2n) is 7.17. The average Bonchev–Trinajstić information content (AvgIpc) is 2.62. The van der Waals surface area contributed by atoms with Crippen molar-refractivity contribution in [3.05, 3.63) is 40.8 Å². The van der Waals surface area contributed by atoms with Crippen molar-refractivity contribution in [2.24, 2.45) is 0 Å². The van der Waals surface area contributed by atoms with Crippen LogP contribution in [0, 0.1) is 0 Å². The minimum Gasteiger partial charge on any atom is -0.465 e. The van der Waals surface area contributed by atoms with Crippen LogP contribution in [0.3, 0.4) is 0 Å². The van der Waals surface area contributed by atoms with E-state index in [0.717, 1.165) is 37.5 Å². The van der Waals surface area contributed by atoms with E-state index in [2.05, 4.69) is 10.3 Å². The Bertz CT molecular complexity index is 851. The third kappa shape index (κ3) is 2.89. The van der Waals surface area contributed by atoms with Gasteiger partial charge in [-0.2, -0.15) is 0 Å². The summed E-state index contributed by atoms with van der Waals surface area (Å²) in [5.41, 5.74) is -0.0694. The van der Waals surface area contributed by atoms with Gasteiger partial charge in [-0.25, -0.2) is 9.78 Å². The third-order valence-corrected chi connectivity index (χ3v) is 5.68. The van der Waals surface area contributed by atoms with E-state index in [1.165, 1.54) is 0 Å². The van der Waals surface area contributed by atoms with Crippen molar-refractivity contribution >= 4 is 17.1 Å². The van der Waals surface area contributed by atoms with Gasteiger partial charge in [-0.3, -0.25) is 9.36 Å².